The van der Waals surface area contributed by atoms with Crippen LogP contribution in [0.4, 0.5) is 30.6 Å². The van der Waals surface area contributed by atoms with E-state index in [4.69, 9.17) is 0 Å². The zero-order valence-corrected chi connectivity index (χ0v) is 20.1. The van der Waals surface area contributed by atoms with E-state index in [2.05, 4.69) is 30.7 Å². The largest absolute Gasteiger partial charge is 0.433 e. The van der Waals surface area contributed by atoms with Crippen LogP contribution in [0.3, 0.4) is 0 Å². The fourth-order valence-electron chi connectivity index (χ4n) is 4.14. The quantitative estimate of drug-likeness (QED) is 0.563. The molecule has 35 heavy (non-hydrogen) atoms. The van der Waals surface area contributed by atoms with Crippen molar-refractivity contribution in [3.63, 3.8) is 0 Å². The minimum absolute atomic E-state index is 0.0874. The SMILES string of the molecule is Cc1nc(NCc2cnn(Cc3ccc(C(F)(F)F)nc3)c2)nc2c1NC(=O)C(C(C)(C)C)N2C. The Morgan fingerprint density at radius 1 is 1.11 bits per heavy atom. The van der Waals surface area contributed by atoms with Crippen molar-refractivity contribution in [2.75, 3.05) is 22.6 Å². The minimum atomic E-state index is -4.46. The number of likely N-dealkylation sites (N-methyl/N-ethyl adjacent to an activating group) is 1. The summed E-state index contributed by atoms with van der Waals surface area (Å²) in [6.07, 6.45) is 0.191. The van der Waals surface area contributed by atoms with E-state index in [1.807, 2.05) is 39.6 Å². The molecule has 0 bridgehead atoms. The Labute approximate surface area is 200 Å². The van der Waals surface area contributed by atoms with Gasteiger partial charge in [-0.2, -0.15) is 23.3 Å². The van der Waals surface area contributed by atoms with E-state index < -0.39 is 11.9 Å². The van der Waals surface area contributed by atoms with Crippen LogP contribution in [-0.4, -0.2) is 43.7 Å². The van der Waals surface area contributed by atoms with Crippen molar-refractivity contribution in [1.29, 1.82) is 0 Å². The van der Waals surface area contributed by atoms with E-state index >= 15 is 0 Å². The molecule has 1 amide bonds. The number of aromatic nitrogens is 5. The molecule has 1 aliphatic heterocycles. The first-order valence-corrected chi connectivity index (χ1v) is 11.0. The standard InChI is InChI=1S/C23H27F3N8O/c1-13-17-19(33(5)18(20(35)31-17)22(2,3)4)32-21(30-13)28-9-15-10-29-34(12-15)11-14-6-7-16(27-8-14)23(24,25)26/h6-8,10,12,18H,9,11H2,1-5H3,(H,31,35)(H,28,30,32). The molecule has 0 radical (unpaired) electrons. The number of halogens is 3. The molecule has 9 nitrogen and oxygen atoms in total. The van der Waals surface area contributed by atoms with Crippen LogP contribution < -0.4 is 15.5 Å². The van der Waals surface area contributed by atoms with Gasteiger partial charge in [0.1, 0.15) is 17.4 Å². The van der Waals surface area contributed by atoms with Gasteiger partial charge in [-0.15, -0.1) is 0 Å². The molecule has 0 saturated carbocycles. The van der Waals surface area contributed by atoms with Crippen LogP contribution >= 0.6 is 0 Å². The van der Waals surface area contributed by atoms with Crippen LogP contribution in [0, 0.1) is 12.3 Å². The maximum absolute atomic E-state index is 12.7. The van der Waals surface area contributed by atoms with Gasteiger partial charge in [0.15, 0.2) is 5.82 Å². The third-order valence-corrected chi connectivity index (χ3v) is 5.71. The van der Waals surface area contributed by atoms with E-state index in [-0.39, 0.29) is 23.9 Å². The van der Waals surface area contributed by atoms with E-state index in [1.54, 1.807) is 17.1 Å². The summed E-state index contributed by atoms with van der Waals surface area (Å²) in [5.41, 5.74) is 1.48. The topological polar surface area (TPSA) is 101 Å². The van der Waals surface area contributed by atoms with E-state index in [0.29, 0.717) is 35.3 Å². The Morgan fingerprint density at radius 2 is 1.86 bits per heavy atom. The molecule has 4 rings (SSSR count). The second-order valence-electron chi connectivity index (χ2n) is 9.65. The molecule has 0 saturated heterocycles. The van der Waals surface area contributed by atoms with Gasteiger partial charge in [0.2, 0.25) is 11.9 Å². The number of anilines is 3. The van der Waals surface area contributed by atoms with Crippen molar-refractivity contribution < 1.29 is 18.0 Å². The van der Waals surface area contributed by atoms with Crippen LogP contribution in [0.2, 0.25) is 0 Å². The number of amides is 1. The van der Waals surface area contributed by atoms with Crippen molar-refractivity contribution in [3.05, 3.63) is 53.2 Å². The van der Waals surface area contributed by atoms with Crippen molar-refractivity contribution in [2.45, 2.75) is 53.0 Å². The Balaban J connectivity index is 1.44. The summed E-state index contributed by atoms with van der Waals surface area (Å²) < 4.78 is 39.7. The molecule has 0 aliphatic carbocycles. The van der Waals surface area contributed by atoms with Crippen LogP contribution in [0.5, 0.6) is 0 Å². The number of hydrogen-bond acceptors (Lipinski definition) is 7. The average molecular weight is 489 g/mol. The summed E-state index contributed by atoms with van der Waals surface area (Å²) in [5.74, 6) is 0.970. The van der Waals surface area contributed by atoms with Crippen molar-refractivity contribution >= 4 is 23.4 Å². The van der Waals surface area contributed by atoms with Gasteiger partial charge < -0.3 is 15.5 Å². The fraction of sp³-hybridized carbons (Fsp3) is 0.435. The monoisotopic (exact) mass is 488 g/mol. The number of carbonyl (C=O) groups excluding carboxylic acids is 1. The Bertz CT molecular complexity index is 1230. The number of nitrogens with one attached hydrogen (secondary N) is 2. The molecular formula is C23H27F3N8O. The first-order valence-electron chi connectivity index (χ1n) is 11.0. The summed E-state index contributed by atoms with van der Waals surface area (Å²) in [7, 11) is 1.85. The zero-order valence-electron chi connectivity index (χ0n) is 20.1. The van der Waals surface area contributed by atoms with E-state index in [1.165, 1.54) is 12.3 Å². The number of nitrogens with zero attached hydrogens (tertiary/aromatic N) is 6. The second kappa shape index (κ2) is 8.82. The van der Waals surface area contributed by atoms with Gasteiger partial charge in [0.05, 0.1) is 18.4 Å². The lowest BCUT2D eigenvalue weighted by atomic mass is 9.84. The normalized spacial score (nSPS) is 16.2. The predicted molar refractivity (Wildman–Crippen MR) is 125 cm³/mol. The molecular weight excluding hydrogens is 461 g/mol. The predicted octanol–water partition coefficient (Wildman–Crippen LogP) is 3.86. The smallest absolute Gasteiger partial charge is 0.350 e. The lowest BCUT2D eigenvalue weighted by Crippen LogP contribution is -2.53. The minimum Gasteiger partial charge on any atom is -0.350 e. The molecule has 186 valence electrons. The van der Waals surface area contributed by atoms with E-state index in [0.717, 1.165) is 11.6 Å². The van der Waals surface area contributed by atoms with Gasteiger partial charge in [-0.25, -0.2) is 4.98 Å². The molecule has 0 aromatic carbocycles. The Morgan fingerprint density at radius 3 is 2.49 bits per heavy atom. The lowest BCUT2D eigenvalue weighted by Gasteiger charge is -2.41. The molecule has 1 unspecified atom stereocenters. The number of pyridine rings is 1. The first-order chi connectivity index (χ1) is 16.3. The highest BCUT2D eigenvalue weighted by molar-refractivity contribution is 6.03. The summed E-state index contributed by atoms with van der Waals surface area (Å²) in [6, 6.07) is 1.97. The number of rotatable bonds is 5. The zero-order chi connectivity index (χ0) is 25.5. The van der Waals surface area contributed by atoms with Crippen molar-refractivity contribution in [2.24, 2.45) is 5.41 Å². The molecule has 0 spiro atoms. The van der Waals surface area contributed by atoms with Gasteiger partial charge >= 0.3 is 6.18 Å². The summed E-state index contributed by atoms with van der Waals surface area (Å²) in [4.78, 5) is 27.1. The first kappa shape index (κ1) is 24.4. The second-order valence-corrected chi connectivity index (χ2v) is 9.65. The van der Waals surface area contributed by atoms with Crippen molar-refractivity contribution in [1.82, 2.24) is 24.7 Å². The molecule has 1 atom stereocenters. The Kier molecular flexibility index (Phi) is 6.16. The molecule has 0 fully saturated rings. The third kappa shape index (κ3) is 5.20. The molecule has 4 heterocycles. The van der Waals surface area contributed by atoms with Gasteiger partial charge in [-0.05, 0) is 24.0 Å². The van der Waals surface area contributed by atoms with Gasteiger partial charge in [-0.1, -0.05) is 26.8 Å². The van der Waals surface area contributed by atoms with Crippen LogP contribution in [0.15, 0.2) is 30.7 Å². The van der Waals surface area contributed by atoms with Crippen LogP contribution in [0.1, 0.15) is 43.3 Å². The van der Waals surface area contributed by atoms with Crippen molar-refractivity contribution in [3.8, 4) is 0 Å². The summed E-state index contributed by atoms with van der Waals surface area (Å²) in [5, 5.41) is 10.4. The van der Waals surface area contributed by atoms with Crippen LogP contribution in [-0.2, 0) is 24.1 Å². The molecule has 12 heteroatoms. The third-order valence-electron chi connectivity index (χ3n) is 5.71. The number of carbonyl (C=O) groups is 1. The maximum Gasteiger partial charge on any atom is 0.433 e. The number of alkyl halides is 3. The highest BCUT2D eigenvalue weighted by Gasteiger charge is 2.40. The van der Waals surface area contributed by atoms with Gasteiger partial charge in [-0.3, -0.25) is 14.5 Å². The number of aryl methyl sites for hydroxylation is 1. The van der Waals surface area contributed by atoms with E-state index in [9.17, 15) is 18.0 Å². The maximum atomic E-state index is 12.7. The highest BCUT2D eigenvalue weighted by Crippen LogP contribution is 2.37. The molecule has 1 aliphatic rings. The van der Waals surface area contributed by atoms with Gasteiger partial charge in [0, 0.05) is 31.5 Å². The average Bonchev–Trinajstić information content (AvgIpc) is 3.19. The molecule has 2 N–H and O–H groups in total. The number of fused-ring (bicyclic) bond motifs is 1. The lowest BCUT2D eigenvalue weighted by molar-refractivity contribution is -0.141. The fourth-order valence-corrected chi connectivity index (χ4v) is 4.14. The Hall–Kier alpha value is -3.70. The summed E-state index contributed by atoms with van der Waals surface area (Å²) >= 11 is 0. The summed E-state index contributed by atoms with van der Waals surface area (Å²) in [6.45, 7) is 8.51. The molecule has 3 aromatic heterocycles. The number of hydrogen-bond donors (Lipinski definition) is 2. The van der Waals surface area contributed by atoms with Crippen LogP contribution in [0.25, 0.3) is 0 Å². The van der Waals surface area contributed by atoms with Gasteiger partial charge in [0.25, 0.3) is 0 Å². The molecule has 3 aromatic rings. The highest BCUT2D eigenvalue weighted by atomic mass is 19.4.